The zero-order valence-electron chi connectivity index (χ0n) is 17.6. The zero-order valence-corrected chi connectivity index (χ0v) is 17.6. The highest BCUT2D eigenvalue weighted by Crippen LogP contribution is 2.23. The van der Waals surface area contributed by atoms with E-state index in [2.05, 4.69) is 41.1 Å². The van der Waals surface area contributed by atoms with Crippen molar-refractivity contribution in [3.05, 3.63) is 71.4 Å². The Morgan fingerprint density at radius 3 is 2.33 bits per heavy atom. The second kappa shape index (κ2) is 8.53. The summed E-state index contributed by atoms with van der Waals surface area (Å²) in [5.74, 6) is 2.26. The molecule has 0 saturated carbocycles. The number of benzene rings is 2. The first kappa shape index (κ1) is 19.9. The number of carbonyl (C=O) groups excluding carboxylic acids is 1. The first-order chi connectivity index (χ1) is 14.5. The molecule has 0 spiro atoms. The molecule has 6 heteroatoms. The topological polar surface area (TPSA) is 58.6 Å². The number of nitrogens with zero attached hydrogens (tertiary/aromatic N) is 4. The first-order valence-electron chi connectivity index (χ1n) is 10.1. The molecule has 4 rings (SSSR count). The number of para-hydroxylation sites is 1. The summed E-state index contributed by atoms with van der Waals surface area (Å²) in [5.41, 5.74) is 3.76. The molecule has 0 N–H and O–H groups in total. The lowest BCUT2D eigenvalue weighted by atomic mass is 10.1. The molecule has 0 atom stereocenters. The maximum atomic E-state index is 12.9. The number of piperazine rings is 1. The SMILES string of the molecule is COc1ccccc1C(=O)N1CCN(c2cc(C)nc(-c3ccc(C)cc3)n2)CC1. The van der Waals surface area contributed by atoms with Crippen molar-refractivity contribution in [2.24, 2.45) is 0 Å². The Hall–Kier alpha value is -3.41. The van der Waals surface area contributed by atoms with Gasteiger partial charge < -0.3 is 14.5 Å². The van der Waals surface area contributed by atoms with Gasteiger partial charge in [0.25, 0.3) is 5.91 Å². The molecule has 0 unspecified atom stereocenters. The number of rotatable bonds is 4. The normalized spacial score (nSPS) is 14.0. The summed E-state index contributed by atoms with van der Waals surface area (Å²) in [6, 6.07) is 17.6. The number of hydrogen-bond donors (Lipinski definition) is 0. The van der Waals surface area contributed by atoms with Crippen LogP contribution in [0.25, 0.3) is 11.4 Å². The number of aryl methyl sites for hydroxylation is 2. The van der Waals surface area contributed by atoms with Crippen LogP contribution >= 0.6 is 0 Å². The highest BCUT2D eigenvalue weighted by Gasteiger charge is 2.25. The fourth-order valence-corrected chi connectivity index (χ4v) is 3.68. The van der Waals surface area contributed by atoms with E-state index in [0.717, 1.165) is 36.0 Å². The van der Waals surface area contributed by atoms with Crippen LogP contribution in [0.1, 0.15) is 21.6 Å². The molecule has 1 fully saturated rings. The maximum absolute atomic E-state index is 12.9. The largest absolute Gasteiger partial charge is 0.496 e. The van der Waals surface area contributed by atoms with Crippen molar-refractivity contribution in [1.29, 1.82) is 0 Å². The smallest absolute Gasteiger partial charge is 0.257 e. The van der Waals surface area contributed by atoms with Gasteiger partial charge in [0.1, 0.15) is 11.6 Å². The molecule has 1 aliphatic heterocycles. The van der Waals surface area contributed by atoms with Gasteiger partial charge in [0.15, 0.2) is 5.82 Å². The number of carbonyl (C=O) groups is 1. The molecular weight excluding hydrogens is 376 g/mol. The summed E-state index contributed by atoms with van der Waals surface area (Å²) in [6.45, 7) is 6.79. The van der Waals surface area contributed by atoms with E-state index in [9.17, 15) is 4.79 Å². The third-order valence-corrected chi connectivity index (χ3v) is 5.38. The Balaban J connectivity index is 1.49. The predicted molar refractivity (Wildman–Crippen MR) is 118 cm³/mol. The summed E-state index contributed by atoms with van der Waals surface area (Å²) in [4.78, 5) is 26.5. The maximum Gasteiger partial charge on any atom is 0.257 e. The van der Waals surface area contributed by atoms with Crippen LogP contribution in [0.15, 0.2) is 54.6 Å². The van der Waals surface area contributed by atoms with Crippen LogP contribution in [0.2, 0.25) is 0 Å². The Morgan fingerprint density at radius 1 is 0.933 bits per heavy atom. The van der Waals surface area contributed by atoms with Crippen LogP contribution in [0, 0.1) is 13.8 Å². The zero-order chi connectivity index (χ0) is 21.1. The van der Waals surface area contributed by atoms with Gasteiger partial charge in [-0.15, -0.1) is 0 Å². The van der Waals surface area contributed by atoms with Gasteiger partial charge in [-0.25, -0.2) is 9.97 Å². The standard InChI is InChI=1S/C24H26N4O2/c1-17-8-10-19(11-9-17)23-25-18(2)16-22(26-23)27-12-14-28(15-13-27)24(29)20-6-4-5-7-21(20)30-3/h4-11,16H,12-15H2,1-3H3. The van der Waals surface area contributed by atoms with Gasteiger partial charge in [0.05, 0.1) is 12.7 Å². The summed E-state index contributed by atoms with van der Waals surface area (Å²) in [6.07, 6.45) is 0. The Morgan fingerprint density at radius 2 is 1.63 bits per heavy atom. The molecule has 30 heavy (non-hydrogen) atoms. The number of amides is 1. The molecule has 1 aliphatic rings. The Kier molecular flexibility index (Phi) is 5.65. The molecule has 3 aromatic rings. The second-order valence-electron chi connectivity index (χ2n) is 7.54. The molecule has 1 aromatic heterocycles. The lowest BCUT2D eigenvalue weighted by molar-refractivity contribution is 0.0743. The number of aromatic nitrogens is 2. The molecular formula is C24H26N4O2. The fourth-order valence-electron chi connectivity index (χ4n) is 3.68. The van der Waals surface area contributed by atoms with Gasteiger partial charge in [0.2, 0.25) is 0 Å². The van der Waals surface area contributed by atoms with Crippen LogP contribution in [0.5, 0.6) is 5.75 Å². The van der Waals surface area contributed by atoms with Crippen molar-refractivity contribution >= 4 is 11.7 Å². The molecule has 1 amide bonds. The number of anilines is 1. The molecule has 2 heterocycles. The van der Waals surface area contributed by atoms with Crippen LogP contribution in [0.3, 0.4) is 0 Å². The molecule has 6 nitrogen and oxygen atoms in total. The third kappa shape index (κ3) is 4.13. The van der Waals surface area contributed by atoms with Gasteiger partial charge in [-0.3, -0.25) is 4.79 Å². The van der Waals surface area contributed by atoms with Gasteiger partial charge >= 0.3 is 0 Å². The van der Waals surface area contributed by atoms with E-state index in [1.807, 2.05) is 42.2 Å². The molecule has 1 saturated heterocycles. The van der Waals surface area contributed by atoms with Crippen molar-refractivity contribution in [1.82, 2.24) is 14.9 Å². The summed E-state index contributed by atoms with van der Waals surface area (Å²) in [5, 5.41) is 0. The molecule has 154 valence electrons. The third-order valence-electron chi connectivity index (χ3n) is 5.38. The fraction of sp³-hybridized carbons (Fsp3) is 0.292. The Labute approximate surface area is 177 Å². The number of ether oxygens (including phenoxy) is 1. The lowest BCUT2D eigenvalue weighted by Crippen LogP contribution is -2.49. The molecule has 0 radical (unpaired) electrons. The minimum Gasteiger partial charge on any atom is -0.496 e. The van der Waals surface area contributed by atoms with Gasteiger partial charge in [-0.2, -0.15) is 0 Å². The summed E-state index contributed by atoms with van der Waals surface area (Å²) < 4.78 is 5.35. The monoisotopic (exact) mass is 402 g/mol. The Bertz CT molecular complexity index is 1040. The van der Waals surface area contributed by atoms with E-state index >= 15 is 0 Å². The first-order valence-corrected chi connectivity index (χ1v) is 10.1. The average molecular weight is 402 g/mol. The lowest BCUT2D eigenvalue weighted by Gasteiger charge is -2.35. The number of methoxy groups -OCH3 is 1. The minimum absolute atomic E-state index is 0.00584. The van der Waals surface area contributed by atoms with Crippen LogP contribution < -0.4 is 9.64 Å². The molecule has 0 bridgehead atoms. The van der Waals surface area contributed by atoms with Crippen molar-refractivity contribution in [2.45, 2.75) is 13.8 Å². The van der Waals surface area contributed by atoms with Gasteiger partial charge in [-0.1, -0.05) is 42.0 Å². The van der Waals surface area contributed by atoms with Crippen molar-refractivity contribution in [2.75, 3.05) is 38.2 Å². The average Bonchev–Trinajstić information content (AvgIpc) is 2.78. The van der Waals surface area contributed by atoms with Crippen molar-refractivity contribution in [3.8, 4) is 17.1 Å². The van der Waals surface area contributed by atoms with Crippen LogP contribution in [-0.2, 0) is 0 Å². The van der Waals surface area contributed by atoms with E-state index in [-0.39, 0.29) is 5.91 Å². The predicted octanol–water partition coefficient (Wildman–Crippen LogP) is 3.73. The van der Waals surface area contributed by atoms with E-state index in [4.69, 9.17) is 9.72 Å². The minimum atomic E-state index is 0.00584. The highest BCUT2D eigenvalue weighted by molar-refractivity contribution is 5.97. The second-order valence-corrected chi connectivity index (χ2v) is 7.54. The number of hydrogen-bond acceptors (Lipinski definition) is 5. The molecule has 2 aromatic carbocycles. The highest BCUT2D eigenvalue weighted by atomic mass is 16.5. The van der Waals surface area contributed by atoms with Gasteiger partial charge in [-0.05, 0) is 26.0 Å². The van der Waals surface area contributed by atoms with Crippen molar-refractivity contribution in [3.63, 3.8) is 0 Å². The van der Waals surface area contributed by atoms with E-state index in [1.165, 1.54) is 5.56 Å². The summed E-state index contributed by atoms with van der Waals surface area (Å²) >= 11 is 0. The van der Waals surface area contributed by atoms with Crippen molar-refractivity contribution < 1.29 is 9.53 Å². The van der Waals surface area contributed by atoms with Crippen LogP contribution in [-0.4, -0.2) is 54.1 Å². The quantitative estimate of drug-likeness (QED) is 0.666. The van der Waals surface area contributed by atoms with E-state index in [0.29, 0.717) is 24.4 Å². The van der Waals surface area contributed by atoms with E-state index in [1.54, 1.807) is 7.11 Å². The van der Waals surface area contributed by atoms with E-state index < -0.39 is 0 Å². The summed E-state index contributed by atoms with van der Waals surface area (Å²) in [7, 11) is 1.59. The van der Waals surface area contributed by atoms with Crippen LogP contribution in [0.4, 0.5) is 5.82 Å². The van der Waals surface area contributed by atoms with Gasteiger partial charge in [0, 0.05) is 43.5 Å². The molecule has 0 aliphatic carbocycles.